The van der Waals surface area contributed by atoms with Crippen molar-refractivity contribution in [3.05, 3.63) is 33.5 Å². The normalized spacial score (nSPS) is 16.0. The first-order chi connectivity index (χ1) is 10.1. The van der Waals surface area contributed by atoms with Crippen LogP contribution in [-0.4, -0.2) is 28.1 Å². The summed E-state index contributed by atoms with van der Waals surface area (Å²) < 4.78 is 5.27. The maximum absolute atomic E-state index is 12.2. The van der Waals surface area contributed by atoms with Gasteiger partial charge in [0.1, 0.15) is 5.69 Å². The second-order valence-corrected chi connectivity index (χ2v) is 6.42. The quantitative estimate of drug-likeness (QED) is 0.829. The number of rotatable bonds is 3. The van der Waals surface area contributed by atoms with E-state index in [0.717, 1.165) is 5.22 Å². The molecule has 0 fully saturated rings. The van der Waals surface area contributed by atoms with Crippen LogP contribution in [-0.2, 0) is 9.53 Å². The second-order valence-electron chi connectivity index (χ2n) is 6.42. The van der Waals surface area contributed by atoms with E-state index in [1.165, 1.54) is 0 Å². The van der Waals surface area contributed by atoms with Crippen molar-refractivity contribution in [1.82, 2.24) is 4.98 Å². The minimum atomic E-state index is -1.01. The van der Waals surface area contributed by atoms with Gasteiger partial charge < -0.3 is 14.8 Å². The highest BCUT2D eigenvalue weighted by molar-refractivity contribution is 5.98. The van der Waals surface area contributed by atoms with Gasteiger partial charge in [0.05, 0.1) is 11.7 Å². The molecule has 5 heteroatoms. The monoisotopic (exact) mass is 303 g/mol. The van der Waals surface area contributed by atoms with Gasteiger partial charge in [0, 0.05) is 16.0 Å². The summed E-state index contributed by atoms with van der Waals surface area (Å²) in [5.41, 5.74) is 0.791. The molecule has 118 valence electrons. The number of carbonyl (C=O) groups excluding carboxylic acids is 1. The highest BCUT2D eigenvalue weighted by atomic mass is 16.5. The van der Waals surface area contributed by atoms with E-state index in [4.69, 9.17) is 4.74 Å². The summed E-state index contributed by atoms with van der Waals surface area (Å²) in [5, 5.41) is 10.7. The molecule has 1 heterocycles. The maximum Gasteiger partial charge on any atom is 0.352 e. The molecule has 0 bridgehead atoms. The van der Waals surface area contributed by atoms with Crippen LogP contribution < -0.4 is 10.6 Å². The Morgan fingerprint density at radius 3 is 2.45 bits per heavy atom. The van der Waals surface area contributed by atoms with Crippen LogP contribution in [0.1, 0.15) is 43.7 Å². The highest BCUT2D eigenvalue weighted by Crippen LogP contribution is 2.23. The number of hydrogen-bond donors (Lipinski definition) is 2. The summed E-state index contributed by atoms with van der Waals surface area (Å²) in [6, 6.07) is 0. The van der Waals surface area contributed by atoms with Gasteiger partial charge in [0.15, 0.2) is 0 Å². The molecule has 5 nitrogen and oxygen atoms in total. The van der Waals surface area contributed by atoms with E-state index in [2.05, 4.69) is 4.98 Å². The van der Waals surface area contributed by atoms with Gasteiger partial charge in [-0.2, -0.15) is 0 Å². The Morgan fingerprint density at radius 2 is 1.91 bits per heavy atom. The SMILES string of the molecule is Cc1c(C(=O)O)[nH]c2c1=CC(C(=O)OC(C)C)=CC(C)(C)C=2. The van der Waals surface area contributed by atoms with Crippen molar-refractivity contribution in [2.24, 2.45) is 5.41 Å². The third-order valence-corrected chi connectivity index (χ3v) is 3.46. The minimum absolute atomic E-state index is 0.145. The summed E-state index contributed by atoms with van der Waals surface area (Å²) in [7, 11) is 0. The Balaban J connectivity index is 2.67. The lowest BCUT2D eigenvalue weighted by Gasteiger charge is -2.15. The van der Waals surface area contributed by atoms with Crippen LogP contribution >= 0.6 is 0 Å². The van der Waals surface area contributed by atoms with E-state index in [1.807, 2.05) is 26.0 Å². The Morgan fingerprint density at radius 1 is 1.27 bits per heavy atom. The summed E-state index contributed by atoms with van der Waals surface area (Å²) in [6.45, 7) is 9.22. The fourth-order valence-electron chi connectivity index (χ4n) is 2.56. The van der Waals surface area contributed by atoms with Gasteiger partial charge in [-0.25, -0.2) is 9.59 Å². The van der Waals surface area contributed by atoms with E-state index >= 15 is 0 Å². The van der Waals surface area contributed by atoms with Crippen molar-refractivity contribution < 1.29 is 19.4 Å². The van der Waals surface area contributed by atoms with Crippen molar-refractivity contribution in [2.75, 3.05) is 0 Å². The van der Waals surface area contributed by atoms with E-state index in [0.29, 0.717) is 16.5 Å². The maximum atomic E-state index is 12.2. The molecule has 1 aromatic rings. The molecular weight excluding hydrogens is 282 g/mol. The van der Waals surface area contributed by atoms with Crippen LogP contribution in [0.2, 0.25) is 0 Å². The van der Waals surface area contributed by atoms with E-state index in [1.54, 1.807) is 26.8 Å². The smallest absolute Gasteiger partial charge is 0.352 e. The number of fused-ring (bicyclic) bond motifs is 1. The van der Waals surface area contributed by atoms with Crippen molar-refractivity contribution in [3.63, 3.8) is 0 Å². The lowest BCUT2D eigenvalue weighted by atomic mass is 9.91. The van der Waals surface area contributed by atoms with Crippen molar-refractivity contribution in [1.29, 1.82) is 0 Å². The van der Waals surface area contributed by atoms with Gasteiger partial charge in [-0.15, -0.1) is 0 Å². The number of carboxylic acid groups (broad SMARTS) is 1. The predicted octanol–water partition coefficient (Wildman–Crippen LogP) is 1.50. The Bertz CT molecular complexity index is 778. The Kier molecular flexibility index (Phi) is 4.00. The van der Waals surface area contributed by atoms with Crippen LogP contribution in [0.15, 0.2) is 11.6 Å². The molecule has 0 saturated carbocycles. The molecule has 2 rings (SSSR count). The fourth-order valence-corrected chi connectivity index (χ4v) is 2.56. The first-order valence-corrected chi connectivity index (χ1v) is 7.21. The number of hydrogen-bond acceptors (Lipinski definition) is 3. The molecule has 2 N–H and O–H groups in total. The molecule has 0 unspecified atom stereocenters. The third-order valence-electron chi connectivity index (χ3n) is 3.46. The largest absolute Gasteiger partial charge is 0.477 e. The highest BCUT2D eigenvalue weighted by Gasteiger charge is 2.22. The first-order valence-electron chi connectivity index (χ1n) is 7.21. The number of aromatic carboxylic acids is 1. The van der Waals surface area contributed by atoms with E-state index in [-0.39, 0.29) is 11.8 Å². The molecule has 0 radical (unpaired) electrons. The van der Waals surface area contributed by atoms with Crippen LogP contribution in [0.3, 0.4) is 0 Å². The fraction of sp³-hybridized carbons (Fsp3) is 0.412. The lowest BCUT2D eigenvalue weighted by molar-refractivity contribution is -0.142. The predicted molar refractivity (Wildman–Crippen MR) is 83.8 cm³/mol. The van der Waals surface area contributed by atoms with Gasteiger partial charge in [-0.05, 0) is 32.4 Å². The number of esters is 1. The third kappa shape index (κ3) is 3.13. The molecule has 0 spiro atoms. The number of aromatic nitrogens is 1. The molecule has 0 aliphatic heterocycles. The molecular formula is C17H21NO4. The van der Waals surface area contributed by atoms with Crippen LogP contribution in [0, 0.1) is 12.3 Å². The van der Waals surface area contributed by atoms with Gasteiger partial charge in [0.2, 0.25) is 0 Å². The zero-order chi connectivity index (χ0) is 16.7. The van der Waals surface area contributed by atoms with Crippen LogP contribution in [0.4, 0.5) is 0 Å². The van der Waals surface area contributed by atoms with Gasteiger partial charge in [-0.3, -0.25) is 0 Å². The summed E-state index contributed by atoms with van der Waals surface area (Å²) in [5.74, 6) is -1.41. The molecule has 0 atom stereocenters. The lowest BCUT2D eigenvalue weighted by Crippen LogP contribution is -2.26. The molecule has 0 saturated heterocycles. The minimum Gasteiger partial charge on any atom is -0.477 e. The Labute approximate surface area is 129 Å². The molecule has 0 aromatic carbocycles. The number of ether oxygens (including phenoxy) is 1. The summed E-state index contributed by atoms with van der Waals surface area (Å²) >= 11 is 0. The number of aromatic amines is 1. The van der Waals surface area contributed by atoms with Crippen LogP contribution in [0.25, 0.3) is 12.2 Å². The number of carboxylic acids is 1. The van der Waals surface area contributed by atoms with Gasteiger partial charge >= 0.3 is 11.9 Å². The van der Waals surface area contributed by atoms with E-state index < -0.39 is 17.4 Å². The zero-order valence-electron chi connectivity index (χ0n) is 13.5. The second kappa shape index (κ2) is 5.48. The number of nitrogens with one attached hydrogen (secondary N) is 1. The Hall–Kier alpha value is -2.30. The van der Waals surface area contributed by atoms with Crippen LogP contribution in [0.5, 0.6) is 0 Å². The van der Waals surface area contributed by atoms with Gasteiger partial charge in [0.25, 0.3) is 0 Å². The van der Waals surface area contributed by atoms with Crippen molar-refractivity contribution in [3.8, 4) is 0 Å². The number of H-pyrrole nitrogens is 1. The molecule has 22 heavy (non-hydrogen) atoms. The first kappa shape index (κ1) is 16.1. The van der Waals surface area contributed by atoms with Gasteiger partial charge in [-0.1, -0.05) is 26.0 Å². The molecule has 0 amide bonds. The molecule has 1 aliphatic rings. The summed E-state index contributed by atoms with van der Waals surface area (Å²) in [4.78, 5) is 26.5. The zero-order valence-corrected chi connectivity index (χ0v) is 13.5. The average Bonchev–Trinajstić information content (AvgIpc) is 2.57. The van der Waals surface area contributed by atoms with Crippen molar-refractivity contribution in [2.45, 2.75) is 40.7 Å². The van der Waals surface area contributed by atoms with E-state index in [9.17, 15) is 14.7 Å². The molecule has 1 aliphatic carbocycles. The average molecular weight is 303 g/mol. The topological polar surface area (TPSA) is 79.4 Å². The summed E-state index contributed by atoms with van der Waals surface area (Å²) in [6.07, 6.45) is 5.25. The molecule has 1 aromatic heterocycles. The number of carbonyl (C=O) groups is 2. The van der Waals surface area contributed by atoms with Crippen molar-refractivity contribution >= 4 is 24.1 Å². The standard InChI is InChI=1S/C17H21NO4/c1-9(2)22-16(21)11-6-12-10(3)14(15(19)20)18-13(12)8-17(4,5)7-11/h6-9,18H,1-5H3,(H,19,20). The number of allylic oxidation sites excluding steroid dienone is 1.